The molecule has 4 rings (SSSR count). The zero-order valence-electron chi connectivity index (χ0n) is 14.6. The van der Waals surface area contributed by atoms with Gasteiger partial charge in [-0.05, 0) is 25.5 Å². The van der Waals surface area contributed by atoms with Crippen LogP contribution in [0.3, 0.4) is 0 Å². The fourth-order valence-electron chi connectivity index (χ4n) is 3.12. The Morgan fingerprint density at radius 2 is 2.15 bits per heavy atom. The summed E-state index contributed by atoms with van der Waals surface area (Å²) in [7, 11) is 0. The van der Waals surface area contributed by atoms with Gasteiger partial charge in [0.2, 0.25) is 5.88 Å². The van der Waals surface area contributed by atoms with Gasteiger partial charge in [-0.25, -0.2) is 4.98 Å². The summed E-state index contributed by atoms with van der Waals surface area (Å²) in [5.41, 5.74) is 2.53. The third-order valence-corrected chi connectivity index (χ3v) is 4.25. The predicted octanol–water partition coefficient (Wildman–Crippen LogP) is 3.43. The van der Waals surface area contributed by atoms with Crippen LogP contribution in [-0.2, 0) is 13.0 Å². The van der Waals surface area contributed by atoms with Crippen molar-refractivity contribution in [3.05, 3.63) is 65.5 Å². The second-order valence-electron chi connectivity index (χ2n) is 6.83. The minimum absolute atomic E-state index is 0.193. The van der Waals surface area contributed by atoms with Crippen LogP contribution in [-0.4, -0.2) is 20.4 Å². The monoisotopic (exact) mass is 346 g/mol. The number of nitriles is 1. The molecule has 3 heterocycles. The van der Waals surface area contributed by atoms with E-state index in [1.54, 1.807) is 35.3 Å². The third kappa shape index (κ3) is 3.00. The van der Waals surface area contributed by atoms with Gasteiger partial charge in [-0.1, -0.05) is 18.2 Å². The first kappa shape index (κ1) is 16.2. The smallest absolute Gasteiger partial charge is 0.218 e. The molecule has 130 valence electrons. The maximum Gasteiger partial charge on any atom is 0.218 e. The fourth-order valence-corrected chi connectivity index (χ4v) is 3.12. The summed E-state index contributed by atoms with van der Waals surface area (Å²) in [5, 5.41) is 13.3. The van der Waals surface area contributed by atoms with Gasteiger partial charge in [0, 0.05) is 30.3 Å². The summed E-state index contributed by atoms with van der Waals surface area (Å²) in [6.07, 6.45) is 4.11. The fraction of sp³-hybridized carbons (Fsp3) is 0.250. The SMILES string of the molecule is CC1(C)Cc2cccc(COc3ccnn3-c3cc(C#N)ccn3)c2O1. The lowest BCUT2D eigenvalue weighted by atomic mass is 10.0. The highest BCUT2D eigenvalue weighted by Crippen LogP contribution is 2.38. The molecule has 1 aromatic carbocycles. The van der Waals surface area contributed by atoms with Crippen LogP contribution in [0.1, 0.15) is 30.5 Å². The van der Waals surface area contributed by atoms with E-state index < -0.39 is 0 Å². The van der Waals surface area contributed by atoms with E-state index in [0.29, 0.717) is 23.9 Å². The van der Waals surface area contributed by atoms with Crippen LogP contribution in [0, 0.1) is 11.3 Å². The highest BCUT2D eigenvalue weighted by Gasteiger charge is 2.31. The number of aromatic nitrogens is 3. The van der Waals surface area contributed by atoms with Crippen molar-refractivity contribution in [1.82, 2.24) is 14.8 Å². The normalized spacial score (nSPS) is 14.3. The lowest BCUT2D eigenvalue weighted by Gasteiger charge is -2.18. The van der Waals surface area contributed by atoms with E-state index >= 15 is 0 Å². The van der Waals surface area contributed by atoms with Crippen LogP contribution in [0.15, 0.2) is 48.8 Å². The lowest BCUT2D eigenvalue weighted by Crippen LogP contribution is -2.25. The van der Waals surface area contributed by atoms with E-state index in [9.17, 15) is 0 Å². The summed E-state index contributed by atoms with van der Waals surface area (Å²) in [6.45, 7) is 4.53. The van der Waals surface area contributed by atoms with Gasteiger partial charge in [0.1, 0.15) is 18.0 Å². The quantitative estimate of drug-likeness (QED) is 0.723. The Bertz CT molecular complexity index is 1000. The van der Waals surface area contributed by atoms with Gasteiger partial charge in [-0.3, -0.25) is 0 Å². The van der Waals surface area contributed by atoms with Crippen LogP contribution < -0.4 is 9.47 Å². The summed E-state index contributed by atoms with van der Waals surface area (Å²) in [6, 6.07) is 13.3. The molecule has 0 saturated carbocycles. The van der Waals surface area contributed by atoms with Crippen LogP contribution in [0.25, 0.3) is 5.82 Å². The molecule has 26 heavy (non-hydrogen) atoms. The van der Waals surface area contributed by atoms with Gasteiger partial charge in [0.15, 0.2) is 5.82 Å². The van der Waals surface area contributed by atoms with Gasteiger partial charge in [-0.2, -0.15) is 15.0 Å². The number of rotatable bonds is 4. The van der Waals surface area contributed by atoms with Gasteiger partial charge >= 0.3 is 0 Å². The van der Waals surface area contributed by atoms with E-state index in [2.05, 4.69) is 36.1 Å². The van der Waals surface area contributed by atoms with E-state index in [4.69, 9.17) is 14.7 Å². The molecule has 0 aliphatic carbocycles. The average Bonchev–Trinajstić information content (AvgIpc) is 3.22. The molecule has 1 aliphatic rings. The van der Waals surface area contributed by atoms with Crippen LogP contribution >= 0.6 is 0 Å². The second kappa shape index (κ2) is 6.19. The number of fused-ring (bicyclic) bond motifs is 1. The van der Waals surface area contributed by atoms with Gasteiger partial charge < -0.3 is 9.47 Å². The Kier molecular flexibility index (Phi) is 3.85. The number of hydrogen-bond donors (Lipinski definition) is 0. The van der Waals surface area contributed by atoms with E-state index in [0.717, 1.165) is 17.7 Å². The van der Waals surface area contributed by atoms with Crippen molar-refractivity contribution >= 4 is 0 Å². The molecule has 0 bridgehead atoms. The summed E-state index contributed by atoms with van der Waals surface area (Å²) < 4.78 is 13.6. The number of benzene rings is 1. The maximum atomic E-state index is 9.06. The van der Waals surface area contributed by atoms with Crippen molar-refractivity contribution in [2.75, 3.05) is 0 Å². The lowest BCUT2D eigenvalue weighted by molar-refractivity contribution is 0.135. The Balaban J connectivity index is 1.57. The first-order valence-corrected chi connectivity index (χ1v) is 8.39. The van der Waals surface area contributed by atoms with Gasteiger partial charge in [0.05, 0.1) is 17.8 Å². The zero-order chi connectivity index (χ0) is 18.1. The molecule has 0 radical (unpaired) electrons. The van der Waals surface area contributed by atoms with Crippen molar-refractivity contribution in [3.8, 4) is 23.5 Å². The first-order chi connectivity index (χ1) is 12.6. The maximum absolute atomic E-state index is 9.06. The molecule has 0 atom stereocenters. The molecule has 0 N–H and O–H groups in total. The Morgan fingerprint density at radius 1 is 1.27 bits per heavy atom. The van der Waals surface area contributed by atoms with Crippen molar-refractivity contribution in [3.63, 3.8) is 0 Å². The van der Waals surface area contributed by atoms with Crippen LogP contribution in [0.4, 0.5) is 0 Å². The molecule has 0 amide bonds. The topological polar surface area (TPSA) is 73.0 Å². The first-order valence-electron chi connectivity index (χ1n) is 8.39. The third-order valence-electron chi connectivity index (χ3n) is 4.25. The molecule has 0 unspecified atom stereocenters. The number of ether oxygens (including phenoxy) is 2. The van der Waals surface area contributed by atoms with Crippen molar-refractivity contribution in [2.45, 2.75) is 32.5 Å². The highest BCUT2D eigenvalue weighted by atomic mass is 16.5. The largest absolute Gasteiger partial charge is 0.487 e. The van der Waals surface area contributed by atoms with Crippen LogP contribution in [0.2, 0.25) is 0 Å². The summed E-state index contributed by atoms with van der Waals surface area (Å²) in [5.74, 6) is 2.01. The Labute approximate surface area is 151 Å². The molecule has 6 heteroatoms. The second-order valence-corrected chi connectivity index (χ2v) is 6.83. The number of para-hydroxylation sites is 1. The summed E-state index contributed by atoms with van der Waals surface area (Å²) >= 11 is 0. The highest BCUT2D eigenvalue weighted by molar-refractivity contribution is 5.45. The number of pyridine rings is 1. The molecular formula is C20H18N4O2. The Hall–Kier alpha value is -3.33. The van der Waals surface area contributed by atoms with Crippen molar-refractivity contribution in [2.24, 2.45) is 0 Å². The molecular weight excluding hydrogens is 328 g/mol. The molecule has 0 saturated heterocycles. The van der Waals surface area contributed by atoms with E-state index in [-0.39, 0.29) is 5.60 Å². The molecule has 0 fully saturated rings. The standard InChI is InChI=1S/C20H18N4O2/c1-20(2)11-15-4-3-5-16(19(15)26-20)13-25-18-7-9-23-24(18)17-10-14(12-21)6-8-22-17/h3-10H,11,13H2,1-2H3. The minimum Gasteiger partial charge on any atom is -0.487 e. The molecule has 2 aromatic heterocycles. The molecule has 3 aromatic rings. The Morgan fingerprint density at radius 3 is 3.00 bits per heavy atom. The van der Waals surface area contributed by atoms with Crippen LogP contribution in [0.5, 0.6) is 11.6 Å². The number of nitrogens with zero attached hydrogens (tertiary/aromatic N) is 4. The molecule has 6 nitrogen and oxygen atoms in total. The average molecular weight is 346 g/mol. The van der Waals surface area contributed by atoms with E-state index in [1.165, 1.54) is 5.56 Å². The molecule has 0 spiro atoms. The zero-order valence-corrected chi connectivity index (χ0v) is 14.6. The number of hydrogen-bond acceptors (Lipinski definition) is 5. The predicted molar refractivity (Wildman–Crippen MR) is 95.3 cm³/mol. The van der Waals surface area contributed by atoms with Crippen molar-refractivity contribution < 1.29 is 9.47 Å². The summed E-state index contributed by atoms with van der Waals surface area (Å²) in [4.78, 5) is 4.27. The van der Waals surface area contributed by atoms with Crippen molar-refractivity contribution in [1.29, 1.82) is 5.26 Å². The van der Waals surface area contributed by atoms with Gasteiger partial charge in [-0.15, -0.1) is 0 Å². The molecule has 1 aliphatic heterocycles. The van der Waals surface area contributed by atoms with Gasteiger partial charge in [0.25, 0.3) is 0 Å². The minimum atomic E-state index is -0.193. The van der Waals surface area contributed by atoms with E-state index in [1.807, 2.05) is 12.1 Å².